The van der Waals surface area contributed by atoms with E-state index in [0.717, 1.165) is 32.4 Å². The maximum atomic E-state index is 12.5. The summed E-state index contributed by atoms with van der Waals surface area (Å²) in [7, 11) is 0. The SMILES string of the molecule is CC(C)CC(CN)C(=O)N1CCCC(C)(C)CC1. The highest BCUT2D eigenvalue weighted by Gasteiger charge is 2.28. The highest BCUT2D eigenvalue weighted by atomic mass is 16.2. The molecule has 1 heterocycles. The van der Waals surface area contributed by atoms with Gasteiger partial charge >= 0.3 is 0 Å². The Morgan fingerprint density at radius 3 is 2.50 bits per heavy atom. The first-order valence-corrected chi connectivity index (χ1v) is 7.34. The molecule has 2 N–H and O–H groups in total. The van der Waals surface area contributed by atoms with Gasteiger partial charge in [-0.25, -0.2) is 0 Å². The predicted octanol–water partition coefficient (Wildman–Crippen LogP) is 2.65. The van der Waals surface area contributed by atoms with Crippen molar-refractivity contribution < 1.29 is 4.79 Å². The van der Waals surface area contributed by atoms with Crippen LogP contribution in [0.2, 0.25) is 0 Å². The van der Waals surface area contributed by atoms with Crippen molar-refractivity contribution in [3.63, 3.8) is 0 Å². The number of hydrogen-bond acceptors (Lipinski definition) is 2. The summed E-state index contributed by atoms with van der Waals surface area (Å²) < 4.78 is 0. The van der Waals surface area contributed by atoms with Gasteiger partial charge in [0.1, 0.15) is 0 Å². The molecule has 18 heavy (non-hydrogen) atoms. The minimum atomic E-state index is 0.0196. The molecule has 1 unspecified atom stereocenters. The van der Waals surface area contributed by atoms with Crippen LogP contribution in [0.15, 0.2) is 0 Å². The number of carbonyl (C=O) groups is 1. The van der Waals surface area contributed by atoms with Gasteiger partial charge in [0, 0.05) is 19.6 Å². The third-order valence-electron chi connectivity index (χ3n) is 4.04. The molecule has 0 aliphatic carbocycles. The monoisotopic (exact) mass is 254 g/mol. The lowest BCUT2D eigenvalue weighted by Gasteiger charge is -2.27. The molecule has 106 valence electrons. The van der Waals surface area contributed by atoms with E-state index in [9.17, 15) is 4.79 Å². The highest BCUT2D eigenvalue weighted by Crippen LogP contribution is 2.30. The number of nitrogens with two attached hydrogens (primary N) is 1. The van der Waals surface area contributed by atoms with Crippen LogP contribution in [0.4, 0.5) is 0 Å². The van der Waals surface area contributed by atoms with Gasteiger partial charge in [0.05, 0.1) is 5.92 Å². The van der Waals surface area contributed by atoms with E-state index in [-0.39, 0.29) is 11.8 Å². The standard InChI is InChI=1S/C15H30N2O/c1-12(2)10-13(11-16)14(18)17-8-5-6-15(3,4)7-9-17/h12-13H,5-11,16H2,1-4H3. The summed E-state index contributed by atoms with van der Waals surface area (Å²) in [6.45, 7) is 11.2. The normalized spacial score (nSPS) is 21.8. The summed E-state index contributed by atoms with van der Waals surface area (Å²) in [6, 6.07) is 0. The molecular weight excluding hydrogens is 224 g/mol. The molecule has 1 saturated heterocycles. The maximum absolute atomic E-state index is 12.5. The lowest BCUT2D eigenvalue weighted by Crippen LogP contribution is -2.40. The summed E-state index contributed by atoms with van der Waals surface area (Å²) >= 11 is 0. The van der Waals surface area contributed by atoms with E-state index < -0.39 is 0 Å². The van der Waals surface area contributed by atoms with Crippen LogP contribution in [0.25, 0.3) is 0 Å². The molecule has 3 nitrogen and oxygen atoms in total. The summed E-state index contributed by atoms with van der Waals surface area (Å²) in [6.07, 6.45) is 4.36. The average Bonchev–Trinajstić information content (AvgIpc) is 2.46. The Bertz CT molecular complexity index is 274. The zero-order valence-electron chi connectivity index (χ0n) is 12.5. The molecule has 1 rings (SSSR count). The van der Waals surface area contributed by atoms with Gasteiger partial charge in [-0.05, 0) is 37.0 Å². The molecule has 0 saturated carbocycles. The molecule has 0 aromatic carbocycles. The van der Waals surface area contributed by atoms with Crippen molar-refractivity contribution in [1.29, 1.82) is 0 Å². The van der Waals surface area contributed by atoms with Gasteiger partial charge in [-0.3, -0.25) is 4.79 Å². The molecular formula is C15H30N2O. The van der Waals surface area contributed by atoms with E-state index in [1.807, 2.05) is 0 Å². The average molecular weight is 254 g/mol. The first kappa shape index (κ1) is 15.5. The van der Waals surface area contributed by atoms with E-state index in [0.29, 0.717) is 17.9 Å². The van der Waals surface area contributed by atoms with E-state index in [1.54, 1.807) is 0 Å². The molecule has 0 spiro atoms. The lowest BCUT2D eigenvalue weighted by molar-refractivity contribution is -0.135. The Balaban J connectivity index is 2.59. The van der Waals surface area contributed by atoms with E-state index in [4.69, 9.17) is 5.73 Å². The van der Waals surface area contributed by atoms with Crippen molar-refractivity contribution in [2.75, 3.05) is 19.6 Å². The molecule has 1 fully saturated rings. The van der Waals surface area contributed by atoms with E-state index >= 15 is 0 Å². The van der Waals surface area contributed by atoms with E-state index in [2.05, 4.69) is 32.6 Å². The summed E-state index contributed by atoms with van der Waals surface area (Å²) in [5.74, 6) is 0.834. The number of rotatable bonds is 4. The number of carbonyl (C=O) groups excluding carboxylic acids is 1. The van der Waals surface area contributed by atoms with Gasteiger partial charge < -0.3 is 10.6 Å². The van der Waals surface area contributed by atoms with Crippen LogP contribution < -0.4 is 5.73 Å². The zero-order chi connectivity index (χ0) is 13.8. The van der Waals surface area contributed by atoms with Crippen LogP contribution in [0.5, 0.6) is 0 Å². The third-order valence-corrected chi connectivity index (χ3v) is 4.04. The number of hydrogen-bond donors (Lipinski definition) is 1. The van der Waals surface area contributed by atoms with Crippen molar-refractivity contribution in [2.45, 2.75) is 53.4 Å². The minimum Gasteiger partial charge on any atom is -0.342 e. The predicted molar refractivity (Wildman–Crippen MR) is 76.2 cm³/mol. The van der Waals surface area contributed by atoms with Crippen molar-refractivity contribution in [1.82, 2.24) is 4.90 Å². The maximum Gasteiger partial charge on any atom is 0.226 e. The topological polar surface area (TPSA) is 46.3 Å². The van der Waals surface area contributed by atoms with Crippen LogP contribution in [-0.4, -0.2) is 30.4 Å². The fourth-order valence-corrected chi connectivity index (χ4v) is 2.77. The molecule has 1 atom stereocenters. The molecule has 0 aromatic rings. The zero-order valence-corrected chi connectivity index (χ0v) is 12.5. The van der Waals surface area contributed by atoms with Gasteiger partial charge in [-0.15, -0.1) is 0 Å². The van der Waals surface area contributed by atoms with Crippen LogP contribution in [0.1, 0.15) is 53.4 Å². The molecule has 3 heteroatoms. The highest BCUT2D eigenvalue weighted by molar-refractivity contribution is 5.79. The van der Waals surface area contributed by atoms with Crippen LogP contribution in [0.3, 0.4) is 0 Å². The second kappa shape index (κ2) is 6.55. The van der Waals surface area contributed by atoms with E-state index in [1.165, 1.54) is 6.42 Å². The van der Waals surface area contributed by atoms with Crippen molar-refractivity contribution in [3.05, 3.63) is 0 Å². The van der Waals surface area contributed by atoms with Crippen molar-refractivity contribution >= 4 is 5.91 Å². The second-order valence-electron chi connectivity index (χ2n) is 6.91. The number of amides is 1. The quantitative estimate of drug-likeness (QED) is 0.838. The van der Waals surface area contributed by atoms with Gasteiger partial charge in [0.15, 0.2) is 0 Å². The largest absolute Gasteiger partial charge is 0.342 e. The first-order valence-electron chi connectivity index (χ1n) is 7.34. The Kier molecular flexibility index (Phi) is 5.64. The van der Waals surface area contributed by atoms with Crippen LogP contribution >= 0.6 is 0 Å². The van der Waals surface area contributed by atoms with Crippen LogP contribution in [0, 0.1) is 17.3 Å². The third kappa shape index (κ3) is 4.60. The summed E-state index contributed by atoms with van der Waals surface area (Å²) in [5, 5.41) is 0. The van der Waals surface area contributed by atoms with Gasteiger partial charge in [0.2, 0.25) is 5.91 Å². The fraction of sp³-hybridized carbons (Fsp3) is 0.933. The fourth-order valence-electron chi connectivity index (χ4n) is 2.77. The summed E-state index contributed by atoms with van der Waals surface area (Å²) in [4.78, 5) is 14.5. The smallest absolute Gasteiger partial charge is 0.226 e. The molecule has 0 aromatic heterocycles. The second-order valence-corrected chi connectivity index (χ2v) is 6.91. The lowest BCUT2D eigenvalue weighted by atomic mass is 9.85. The Labute approximate surface area is 112 Å². The van der Waals surface area contributed by atoms with Gasteiger partial charge in [-0.1, -0.05) is 27.7 Å². The Hall–Kier alpha value is -0.570. The van der Waals surface area contributed by atoms with Crippen molar-refractivity contribution in [3.8, 4) is 0 Å². The number of nitrogens with zero attached hydrogens (tertiary/aromatic N) is 1. The summed E-state index contributed by atoms with van der Waals surface area (Å²) in [5.41, 5.74) is 6.15. The Morgan fingerprint density at radius 1 is 1.28 bits per heavy atom. The van der Waals surface area contributed by atoms with Gasteiger partial charge in [-0.2, -0.15) is 0 Å². The number of likely N-dealkylation sites (tertiary alicyclic amines) is 1. The van der Waals surface area contributed by atoms with Crippen molar-refractivity contribution in [2.24, 2.45) is 23.0 Å². The minimum absolute atomic E-state index is 0.0196. The molecule has 1 amide bonds. The molecule has 0 radical (unpaired) electrons. The molecule has 1 aliphatic heterocycles. The van der Waals surface area contributed by atoms with Gasteiger partial charge in [0.25, 0.3) is 0 Å². The van der Waals surface area contributed by atoms with Crippen LogP contribution in [-0.2, 0) is 4.79 Å². The Morgan fingerprint density at radius 2 is 1.94 bits per heavy atom. The molecule has 1 aliphatic rings. The first-order chi connectivity index (χ1) is 8.35. The molecule has 0 bridgehead atoms.